The van der Waals surface area contributed by atoms with Crippen molar-refractivity contribution in [2.45, 2.75) is 39.1 Å². The summed E-state index contributed by atoms with van der Waals surface area (Å²) in [6.07, 6.45) is 0. The van der Waals surface area contributed by atoms with Gasteiger partial charge in [0.15, 0.2) is 0 Å². The summed E-state index contributed by atoms with van der Waals surface area (Å²) in [7, 11) is -2.03. The van der Waals surface area contributed by atoms with Crippen molar-refractivity contribution in [2.75, 3.05) is 12.4 Å². The Morgan fingerprint density at radius 2 is 1.39 bits per heavy atom. The first-order valence-electron chi connectivity index (χ1n) is 10.1. The van der Waals surface area contributed by atoms with Crippen LogP contribution < -0.4 is 5.32 Å². The molecule has 0 saturated heterocycles. The molecule has 3 aromatic rings. The molecule has 0 heterocycles. The Balaban J connectivity index is 1.71. The summed E-state index contributed by atoms with van der Waals surface area (Å²) in [4.78, 5) is 13.0. The molecule has 0 saturated carbocycles. The highest BCUT2D eigenvalue weighted by Crippen LogP contribution is 2.23. The highest BCUT2D eigenvalue weighted by Gasteiger charge is 2.21. The van der Waals surface area contributed by atoms with Crippen molar-refractivity contribution in [1.82, 2.24) is 4.31 Å². The molecule has 1 amide bonds. The Morgan fingerprint density at radius 3 is 1.94 bits per heavy atom. The van der Waals surface area contributed by atoms with Crippen LogP contribution in [0, 0.1) is 27.7 Å². The Morgan fingerprint density at radius 1 is 0.839 bits per heavy atom. The van der Waals surface area contributed by atoms with Crippen molar-refractivity contribution in [2.24, 2.45) is 0 Å². The van der Waals surface area contributed by atoms with Gasteiger partial charge in [-0.1, -0.05) is 47.5 Å². The van der Waals surface area contributed by atoms with Gasteiger partial charge in [-0.05, 0) is 68.7 Å². The van der Waals surface area contributed by atoms with Crippen LogP contribution in [0.1, 0.15) is 38.2 Å². The minimum atomic E-state index is -3.58. The normalized spacial score (nSPS) is 11.5. The van der Waals surface area contributed by atoms with Crippen molar-refractivity contribution < 1.29 is 13.2 Å². The molecule has 0 unspecified atom stereocenters. The molecule has 31 heavy (non-hydrogen) atoms. The fourth-order valence-electron chi connectivity index (χ4n) is 3.56. The summed E-state index contributed by atoms with van der Waals surface area (Å²) in [5.41, 5.74) is 6.34. The van der Waals surface area contributed by atoms with Crippen LogP contribution in [0.2, 0.25) is 0 Å². The van der Waals surface area contributed by atoms with Gasteiger partial charge in [0.25, 0.3) is 5.91 Å². The first-order chi connectivity index (χ1) is 14.6. The van der Waals surface area contributed by atoms with Gasteiger partial charge >= 0.3 is 0 Å². The third-order valence-corrected chi connectivity index (χ3v) is 7.08. The van der Waals surface area contributed by atoms with E-state index in [1.807, 2.05) is 39.8 Å². The lowest BCUT2D eigenvalue weighted by Crippen LogP contribution is -2.26. The fraction of sp³-hybridized carbons (Fsp3) is 0.240. The van der Waals surface area contributed by atoms with Gasteiger partial charge in [0.2, 0.25) is 10.0 Å². The summed E-state index contributed by atoms with van der Waals surface area (Å²) in [5, 5.41) is 2.99. The maximum atomic E-state index is 12.8. The largest absolute Gasteiger partial charge is 0.322 e. The van der Waals surface area contributed by atoms with Gasteiger partial charge in [-0.25, -0.2) is 8.42 Å². The van der Waals surface area contributed by atoms with Gasteiger partial charge in [0.05, 0.1) is 4.90 Å². The van der Waals surface area contributed by atoms with E-state index in [4.69, 9.17) is 0 Å². The smallest absolute Gasteiger partial charge is 0.255 e. The number of hydrogen-bond acceptors (Lipinski definition) is 3. The zero-order valence-corrected chi connectivity index (χ0v) is 19.4. The van der Waals surface area contributed by atoms with E-state index in [0.717, 1.165) is 33.5 Å². The molecule has 0 aromatic heterocycles. The maximum Gasteiger partial charge on any atom is 0.255 e. The first kappa shape index (κ1) is 22.7. The van der Waals surface area contributed by atoms with E-state index in [1.54, 1.807) is 55.6 Å². The van der Waals surface area contributed by atoms with E-state index in [-0.39, 0.29) is 17.3 Å². The lowest BCUT2D eigenvalue weighted by Gasteiger charge is -2.18. The Bertz CT molecular complexity index is 1180. The van der Waals surface area contributed by atoms with E-state index in [9.17, 15) is 13.2 Å². The van der Waals surface area contributed by atoms with Gasteiger partial charge in [0, 0.05) is 24.8 Å². The van der Waals surface area contributed by atoms with Crippen molar-refractivity contribution in [3.63, 3.8) is 0 Å². The zero-order valence-electron chi connectivity index (χ0n) is 18.6. The number of nitrogens with zero attached hydrogens (tertiary/aromatic N) is 1. The molecule has 0 radical (unpaired) electrons. The molecular formula is C25H28N2O3S. The summed E-state index contributed by atoms with van der Waals surface area (Å²) in [6.45, 7) is 8.11. The lowest BCUT2D eigenvalue weighted by molar-refractivity contribution is 0.102. The van der Waals surface area contributed by atoms with E-state index in [2.05, 4.69) is 5.32 Å². The third-order valence-electron chi connectivity index (χ3n) is 5.27. The number of amides is 1. The van der Waals surface area contributed by atoms with E-state index in [1.165, 1.54) is 4.31 Å². The highest BCUT2D eigenvalue weighted by atomic mass is 32.2. The van der Waals surface area contributed by atoms with Crippen molar-refractivity contribution >= 4 is 21.6 Å². The molecule has 5 nitrogen and oxygen atoms in total. The summed E-state index contributed by atoms with van der Waals surface area (Å²) in [6, 6.07) is 17.9. The second-order valence-corrected chi connectivity index (χ2v) is 10.0. The topological polar surface area (TPSA) is 66.5 Å². The third kappa shape index (κ3) is 5.21. The molecule has 1 N–H and O–H groups in total. The number of anilines is 1. The molecule has 0 aliphatic rings. The number of aryl methyl sites for hydroxylation is 4. The van der Waals surface area contributed by atoms with E-state index >= 15 is 0 Å². The minimum Gasteiger partial charge on any atom is -0.322 e. The maximum absolute atomic E-state index is 12.8. The number of carbonyl (C=O) groups is 1. The van der Waals surface area contributed by atoms with Crippen LogP contribution in [0.25, 0.3) is 0 Å². The summed E-state index contributed by atoms with van der Waals surface area (Å²) in [5.74, 6) is -0.192. The number of sulfonamides is 1. The molecule has 0 fully saturated rings. The number of rotatable bonds is 6. The van der Waals surface area contributed by atoms with Crippen LogP contribution in [-0.2, 0) is 16.6 Å². The molecule has 0 spiro atoms. The molecule has 0 bridgehead atoms. The predicted octanol–water partition coefficient (Wildman–Crippen LogP) is 4.99. The standard InChI is InChI=1S/C25H28N2O3S/c1-17-6-12-23(13-7-17)31(29,30)27(5)16-21-8-10-22(11-9-21)25(28)26-24-19(3)14-18(2)15-20(24)4/h6-15H,16H2,1-5H3,(H,26,28). The molecular weight excluding hydrogens is 408 g/mol. The SMILES string of the molecule is Cc1ccc(S(=O)(=O)N(C)Cc2ccc(C(=O)Nc3c(C)cc(C)cc3C)cc2)cc1. The van der Waals surface area contributed by atoms with Crippen LogP contribution in [0.4, 0.5) is 5.69 Å². The van der Waals surface area contributed by atoms with Crippen LogP contribution in [0.15, 0.2) is 65.6 Å². The highest BCUT2D eigenvalue weighted by molar-refractivity contribution is 7.89. The van der Waals surface area contributed by atoms with Gasteiger partial charge in [-0.3, -0.25) is 4.79 Å². The van der Waals surface area contributed by atoms with Gasteiger partial charge in [0.1, 0.15) is 0 Å². The Kier molecular flexibility index (Phi) is 6.62. The number of nitrogens with one attached hydrogen (secondary N) is 1. The van der Waals surface area contributed by atoms with Crippen LogP contribution in [0.3, 0.4) is 0 Å². The number of hydrogen-bond donors (Lipinski definition) is 1. The number of carbonyl (C=O) groups excluding carboxylic acids is 1. The lowest BCUT2D eigenvalue weighted by atomic mass is 10.0. The van der Waals surface area contributed by atoms with E-state index < -0.39 is 10.0 Å². The predicted molar refractivity (Wildman–Crippen MR) is 125 cm³/mol. The minimum absolute atomic E-state index is 0.192. The molecule has 3 rings (SSSR count). The monoisotopic (exact) mass is 436 g/mol. The fourth-order valence-corrected chi connectivity index (χ4v) is 4.72. The van der Waals surface area contributed by atoms with Gasteiger partial charge in [-0.2, -0.15) is 4.31 Å². The van der Waals surface area contributed by atoms with Crippen molar-refractivity contribution in [1.29, 1.82) is 0 Å². The van der Waals surface area contributed by atoms with Crippen molar-refractivity contribution in [3.05, 3.63) is 94.0 Å². The summed E-state index contributed by atoms with van der Waals surface area (Å²) < 4.78 is 26.9. The Labute approximate surface area is 184 Å². The van der Waals surface area contributed by atoms with Crippen LogP contribution in [0.5, 0.6) is 0 Å². The molecule has 0 aliphatic carbocycles. The van der Waals surface area contributed by atoms with Crippen LogP contribution >= 0.6 is 0 Å². The first-order valence-corrected chi connectivity index (χ1v) is 11.5. The van der Waals surface area contributed by atoms with Gasteiger partial charge < -0.3 is 5.32 Å². The average molecular weight is 437 g/mol. The molecule has 6 heteroatoms. The van der Waals surface area contributed by atoms with E-state index in [0.29, 0.717) is 5.56 Å². The average Bonchev–Trinajstić information content (AvgIpc) is 2.71. The van der Waals surface area contributed by atoms with Crippen molar-refractivity contribution in [3.8, 4) is 0 Å². The van der Waals surface area contributed by atoms with Crippen LogP contribution in [-0.4, -0.2) is 25.7 Å². The zero-order chi connectivity index (χ0) is 22.8. The quantitative estimate of drug-likeness (QED) is 0.592. The molecule has 162 valence electrons. The molecule has 0 aliphatic heterocycles. The molecule has 0 atom stereocenters. The summed E-state index contributed by atoms with van der Waals surface area (Å²) >= 11 is 0. The Hall–Kier alpha value is -2.96. The second kappa shape index (κ2) is 9.04. The second-order valence-electron chi connectivity index (χ2n) is 8.00. The number of benzene rings is 3. The van der Waals surface area contributed by atoms with Gasteiger partial charge in [-0.15, -0.1) is 0 Å². The molecule has 3 aromatic carbocycles.